The number of anilines is 1. The van der Waals surface area contributed by atoms with Crippen LogP contribution in [0.1, 0.15) is 25.0 Å². The molecular weight excluding hydrogens is 246 g/mol. The SMILES string of the molecule is CC(C)=CCc1cccc(Oc2ccc(N)cc2C)c1. The molecule has 104 valence electrons. The smallest absolute Gasteiger partial charge is 0.130 e. The highest BCUT2D eigenvalue weighted by Gasteiger charge is 2.02. The molecule has 0 aliphatic rings. The van der Waals surface area contributed by atoms with Crippen molar-refractivity contribution >= 4 is 5.69 Å². The van der Waals surface area contributed by atoms with Gasteiger partial charge in [-0.2, -0.15) is 0 Å². The fraction of sp³-hybridized carbons (Fsp3) is 0.222. The molecule has 2 heteroatoms. The molecular formula is C18H21NO. The Bertz CT molecular complexity index is 625. The van der Waals surface area contributed by atoms with Crippen LogP contribution in [0.15, 0.2) is 54.1 Å². The summed E-state index contributed by atoms with van der Waals surface area (Å²) in [5.74, 6) is 1.70. The van der Waals surface area contributed by atoms with E-state index in [1.807, 2.05) is 37.3 Å². The number of hydrogen-bond acceptors (Lipinski definition) is 2. The van der Waals surface area contributed by atoms with E-state index in [4.69, 9.17) is 10.5 Å². The van der Waals surface area contributed by atoms with E-state index >= 15 is 0 Å². The summed E-state index contributed by atoms with van der Waals surface area (Å²) in [6.07, 6.45) is 3.15. The van der Waals surface area contributed by atoms with Crippen LogP contribution >= 0.6 is 0 Å². The quantitative estimate of drug-likeness (QED) is 0.633. The molecule has 2 N–H and O–H groups in total. The minimum atomic E-state index is 0.757. The van der Waals surface area contributed by atoms with Gasteiger partial charge in [-0.25, -0.2) is 0 Å². The number of aryl methyl sites for hydroxylation is 1. The average Bonchev–Trinajstić information content (AvgIpc) is 2.40. The van der Waals surface area contributed by atoms with Crippen LogP contribution in [0.4, 0.5) is 5.69 Å². The molecule has 0 unspecified atom stereocenters. The molecule has 0 radical (unpaired) electrons. The van der Waals surface area contributed by atoms with Gasteiger partial charge in [-0.1, -0.05) is 23.8 Å². The zero-order valence-corrected chi connectivity index (χ0v) is 12.3. The second kappa shape index (κ2) is 6.29. The topological polar surface area (TPSA) is 35.2 Å². The normalized spacial score (nSPS) is 10.2. The highest BCUT2D eigenvalue weighted by atomic mass is 16.5. The molecule has 20 heavy (non-hydrogen) atoms. The van der Waals surface area contributed by atoms with Crippen molar-refractivity contribution in [3.8, 4) is 11.5 Å². The van der Waals surface area contributed by atoms with Gasteiger partial charge in [0.05, 0.1) is 0 Å². The molecule has 0 saturated heterocycles. The molecule has 0 aromatic heterocycles. The molecule has 0 heterocycles. The first-order valence-electron chi connectivity index (χ1n) is 6.81. The summed E-state index contributed by atoms with van der Waals surface area (Å²) in [7, 11) is 0. The first kappa shape index (κ1) is 14.2. The molecule has 0 fully saturated rings. The van der Waals surface area contributed by atoms with E-state index in [1.54, 1.807) is 0 Å². The van der Waals surface area contributed by atoms with Crippen molar-refractivity contribution in [2.75, 3.05) is 5.73 Å². The molecule has 0 spiro atoms. The molecule has 0 aliphatic carbocycles. The Morgan fingerprint density at radius 2 is 1.95 bits per heavy atom. The predicted molar refractivity (Wildman–Crippen MR) is 85.2 cm³/mol. The number of rotatable bonds is 4. The summed E-state index contributed by atoms with van der Waals surface area (Å²) < 4.78 is 5.94. The van der Waals surface area contributed by atoms with Crippen LogP contribution in [0.2, 0.25) is 0 Å². The fourth-order valence-electron chi connectivity index (χ4n) is 1.97. The van der Waals surface area contributed by atoms with Gasteiger partial charge in [0, 0.05) is 5.69 Å². The van der Waals surface area contributed by atoms with Crippen LogP contribution in [-0.4, -0.2) is 0 Å². The molecule has 0 saturated carbocycles. The second-order valence-electron chi connectivity index (χ2n) is 5.26. The highest BCUT2D eigenvalue weighted by Crippen LogP contribution is 2.27. The summed E-state index contributed by atoms with van der Waals surface area (Å²) in [6.45, 7) is 6.22. The van der Waals surface area contributed by atoms with Crippen molar-refractivity contribution in [2.24, 2.45) is 0 Å². The third-order valence-corrected chi connectivity index (χ3v) is 3.07. The number of hydrogen-bond donors (Lipinski definition) is 1. The van der Waals surface area contributed by atoms with Crippen molar-refractivity contribution in [3.05, 3.63) is 65.2 Å². The Hall–Kier alpha value is -2.22. The van der Waals surface area contributed by atoms with E-state index in [1.165, 1.54) is 11.1 Å². The van der Waals surface area contributed by atoms with E-state index in [9.17, 15) is 0 Å². The van der Waals surface area contributed by atoms with E-state index in [0.29, 0.717) is 0 Å². The lowest BCUT2D eigenvalue weighted by atomic mass is 10.1. The van der Waals surface area contributed by atoms with Crippen molar-refractivity contribution in [1.29, 1.82) is 0 Å². The van der Waals surface area contributed by atoms with Crippen molar-refractivity contribution in [3.63, 3.8) is 0 Å². The van der Waals surface area contributed by atoms with Gasteiger partial charge in [0.2, 0.25) is 0 Å². The van der Waals surface area contributed by atoms with E-state index < -0.39 is 0 Å². The largest absolute Gasteiger partial charge is 0.457 e. The lowest BCUT2D eigenvalue weighted by molar-refractivity contribution is 0.478. The van der Waals surface area contributed by atoms with Gasteiger partial charge in [0.15, 0.2) is 0 Å². The van der Waals surface area contributed by atoms with Gasteiger partial charge in [-0.05, 0) is 68.7 Å². The monoisotopic (exact) mass is 267 g/mol. The van der Waals surface area contributed by atoms with Crippen LogP contribution in [0.5, 0.6) is 11.5 Å². The summed E-state index contributed by atoms with van der Waals surface area (Å²) in [5, 5.41) is 0. The van der Waals surface area contributed by atoms with Crippen molar-refractivity contribution in [2.45, 2.75) is 27.2 Å². The molecule has 2 rings (SSSR count). The maximum atomic E-state index is 5.94. The zero-order chi connectivity index (χ0) is 14.5. The van der Waals surface area contributed by atoms with Gasteiger partial charge in [0.25, 0.3) is 0 Å². The van der Waals surface area contributed by atoms with Crippen LogP contribution < -0.4 is 10.5 Å². The Kier molecular flexibility index (Phi) is 4.46. The molecule has 0 amide bonds. The Morgan fingerprint density at radius 1 is 1.15 bits per heavy atom. The second-order valence-corrected chi connectivity index (χ2v) is 5.26. The summed E-state index contributed by atoms with van der Waals surface area (Å²) in [4.78, 5) is 0. The lowest BCUT2D eigenvalue weighted by Crippen LogP contribution is -1.91. The lowest BCUT2D eigenvalue weighted by Gasteiger charge is -2.10. The summed E-state index contributed by atoms with van der Waals surface area (Å²) in [5.41, 5.74) is 10.1. The van der Waals surface area contributed by atoms with Gasteiger partial charge >= 0.3 is 0 Å². The van der Waals surface area contributed by atoms with Gasteiger partial charge < -0.3 is 10.5 Å². The third-order valence-electron chi connectivity index (χ3n) is 3.07. The van der Waals surface area contributed by atoms with Crippen LogP contribution in [0.25, 0.3) is 0 Å². The molecule has 2 nitrogen and oxygen atoms in total. The van der Waals surface area contributed by atoms with Crippen molar-refractivity contribution < 1.29 is 4.74 Å². The van der Waals surface area contributed by atoms with Crippen LogP contribution in [0, 0.1) is 6.92 Å². The molecule has 2 aromatic carbocycles. The maximum absolute atomic E-state index is 5.94. The first-order valence-corrected chi connectivity index (χ1v) is 6.81. The minimum absolute atomic E-state index is 0.757. The standard InChI is InChI=1S/C18H21NO/c1-13(2)7-8-15-5-4-6-17(12-15)20-18-10-9-16(19)11-14(18)3/h4-7,9-12H,8,19H2,1-3H3. The molecule has 2 aromatic rings. The third kappa shape index (κ3) is 3.89. The van der Waals surface area contributed by atoms with Crippen LogP contribution in [0.3, 0.4) is 0 Å². The van der Waals surface area contributed by atoms with E-state index in [2.05, 4.69) is 32.1 Å². The molecule has 0 atom stereocenters. The van der Waals surface area contributed by atoms with Gasteiger partial charge in [-0.15, -0.1) is 0 Å². The molecule has 0 aliphatic heterocycles. The number of allylic oxidation sites excluding steroid dienone is 2. The fourth-order valence-corrected chi connectivity index (χ4v) is 1.97. The minimum Gasteiger partial charge on any atom is -0.457 e. The van der Waals surface area contributed by atoms with Gasteiger partial charge in [-0.3, -0.25) is 0 Å². The average molecular weight is 267 g/mol. The van der Waals surface area contributed by atoms with E-state index in [0.717, 1.165) is 29.2 Å². The highest BCUT2D eigenvalue weighted by molar-refractivity contribution is 5.48. The number of ether oxygens (including phenoxy) is 1. The summed E-state index contributed by atoms with van der Waals surface area (Å²) >= 11 is 0. The number of nitrogens with two attached hydrogens (primary N) is 1. The Morgan fingerprint density at radius 3 is 2.65 bits per heavy atom. The van der Waals surface area contributed by atoms with Crippen molar-refractivity contribution in [1.82, 2.24) is 0 Å². The van der Waals surface area contributed by atoms with E-state index in [-0.39, 0.29) is 0 Å². The number of benzene rings is 2. The molecule has 0 bridgehead atoms. The van der Waals surface area contributed by atoms with Crippen LogP contribution in [-0.2, 0) is 6.42 Å². The Labute approximate surface area is 120 Å². The zero-order valence-electron chi connectivity index (χ0n) is 12.3. The number of nitrogen functional groups attached to an aromatic ring is 1. The summed E-state index contributed by atoms with van der Waals surface area (Å²) in [6, 6.07) is 13.9. The Balaban J connectivity index is 2.17. The van der Waals surface area contributed by atoms with Gasteiger partial charge in [0.1, 0.15) is 11.5 Å². The predicted octanol–water partition coefficient (Wildman–Crippen LogP) is 4.88. The maximum Gasteiger partial charge on any atom is 0.130 e. The first-order chi connectivity index (χ1) is 9.54.